The number of hydrogen-bond donors (Lipinski definition) is 1. The van der Waals surface area contributed by atoms with Crippen LogP contribution in [0.1, 0.15) is 29.5 Å². The molecule has 5 nitrogen and oxygen atoms in total. The topological polar surface area (TPSA) is 72.3 Å². The van der Waals surface area contributed by atoms with E-state index in [0.717, 1.165) is 5.69 Å². The van der Waals surface area contributed by atoms with Crippen LogP contribution >= 0.6 is 0 Å². The van der Waals surface area contributed by atoms with Gasteiger partial charge in [0.25, 0.3) is 6.43 Å². The number of nitrogens with zero attached hydrogens (tertiary/aromatic N) is 2. The van der Waals surface area contributed by atoms with Crippen molar-refractivity contribution in [1.82, 2.24) is 9.97 Å². The third kappa shape index (κ3) is 4.25. The molecule has 1 N–H and O–H groups in total. The number of alkyl halides is 2. The maximum atomic E-state index is 13.6. The summed E-state index contributed by atoms with van der Waals surface area (Å²) in [6, 6.07) is 14.4. The van der Waals surface area contributed by atoms with Gasteiger partial charge in [-0.25, -0.2) is 18.6 Å². The third-order valence-corrected chi connectivity index (χ3v) is 3.86. The van der Waals surface area contributed by atoms with Gasteiger partial charge in [0.1, 0.15) is 11.4 Å². The predicted molar refractivity (Wildman–Crippen MR) is 94.6 cm³/mol. The Labute approximate surface area is 154 Å². The SMILES string of the molecule is Cc1cc(-c2ccc(O[C@H](C(=O)O)c3ccccc3)c(C(F)F)n2)ccn1. The van der Waals surface area contributed by atoms with Crippen LogP contribution in [-0.2, 0) is 4.79 Å². The zero-order chi connectivity index (χ0) is 19.4. The molecule has 1 aromatic carbocycles. The Kier molecular flexibility index (Phi) is 5.40. The lowest BCUT2D eigenvalue weighted by atomic mass is 10.1. The number of aromatic nitrogens is 2. The minimum absolute atomic E-state index is 0.268. The number of pyridine rings is 2. The van der Waals surface area contributed by atoms with Crippen LogP contribution in [0.5, 0.6) is 5.75 Å². The number of carboxylic acid groups (broad SMARTS) is 1. The minimum atomic E-state index is -2.92. The molecule has 2 aromatic heterocycles. The number of aliphatic carboxylic acids is 1. The first-order chi connectivity index (χ1) is 13.0. The normalized spacial score (nSPS) is 12.0. The standard InChI is InChI=1S/C20H16F2N2O3/c1-12-11-14(9-10-23-12)15-7-8-16(17(24-15)19(21)22)27-18(20(25)26)13-5-3-2-4-6-13/h2-11,18-19H,1H3,(H,25,26)/t18-/m0/s1. The number of carboxylic acids is 1. The number of carbonyl (C=O) groups is 1. The van der Waals surface area contributed by atoms with Gasteiger partial charge in [-0.2, -0.15) is 0 Å². The summed E-state index contributed by atoms with van der Waals surface area (Å²) >= 11 is 0. The zero-order valence-corrected chi connectivity index (χ0v) is 14.3. The lowest BCUT2D eigenvalue weighted by Crippen LogP contribution is -2.19. The molecular formula is C20H16F2N2O3. The largest absolute Gasteiger partial charge is 0.478 e. The van der Waals surface area contributed by atoms with Gasteiger partial charge in [-0.1, -0.05) is 30.3 Å². The van der Waals surface area contributed by atoms with Gasteiger partial charge in [0.2, 0.25) is 6.10 Å². The van der Waals surface area contributed by atoms with E-state index in [-0.39, 0.29) is 5.75 Å². The second kappa shape index (κ2) is 7.90. The number of benzene rings is 1. The van der Waals surface area contributed by atoms with E-state index < -0.39 is 24.2 Å². The molecule has 0 radical (unpaired) electrons. The molecule has 3 aromatic rings. The van der Waals surface area contributed by atoms with Crippen molar-refractivity contribution in [2.45, 2.75) is 19.5 Å². The fourth-order valence-corrected chi connectivity index (χ4v) is 2.60. The second-order valence-corrected chi connectivity index (χ2v) is 5.81. The third-order valence-electron chi connectivity index (χ3n) is 3.86. The van der Waals surface area contributed by atoms with E-state index in [1.165, 1.54) is 12.1 Å². The monoisotopic (exact) mass is 370 g/mol. The van der Waals surface area contributed by atoms with Gasteiger partial charge >= 0.3 is 5.97 Å². The minimum Gasteiger partial charge on any atom is -0.478 e. The summed E-state index contributed by atoms with van der Waals surface area (Å²) in [6.45, 7) is 1.78. The molecule has 0 amide bonds. The van der Waals surface area contributed by atoms with Crippen molar-refractivity contribution in [3.8, 4) is 17.0 Å². The smallest absolute Gasteiger partial charge is 0.349 e. The Balaban J connectivity index is 1.98. The molecular weight excluding hydrogens is 354 g/mol. The molecule has 1 atom stereocenters. The number of ether oxygens (including phenoxy) is 1. The molecule has 3 rings (SSSR count). The Morgan fingerprint density at radius 2 is 1.85 bits per heavy atom. The Morgan fingerprint density at radius 3 is 2.48 bits per heavy atom. The first-order valence-electron chi connectivity index (χ1n) is 8.12. The number of halogens is 2. The van der Waals surface area contributed by atoms with Gasteiger partial charge < -0.3 is 9.84 Å². The highest BCUT2D eigenvalue weighted by molar-refractivity contribution is 5.75. The van der Waals surface area contributed by atoms with Crippen LogP contribution in [0.2, 0.25) is 0 Å². The number of aryl methyl sites for hydroxylation is 1. The lowest BCUT2D eigenvalue weighted by Gasteiger charge is -2.18. The van der Waals surface area contributed by atoms with Gasteiger partial charge in [-0.15, -0.1) is 0 Å². The zero-order valence-electron chi connectivity index (χ0n) is 14.3. The van der Waals surface area contributed by atoms with Gasteiger partial charge in [0.15, 0.2) is 0 Å². The molecule has 2 heterocycles. The summed E-state index contributed by atoms with van der Waals surface area (Å²) in [5.41, 5.74) is 1.43. The molecule has 0 bridgehead atoms. The summed E-state index contributed by atoms with van der Waals surface area (Å²) in [5.74, 6) is -1.55. The van der Waals surface area contributed by atoms with Crippen molar-refractivity contribution in [2.24, 2.45) is 0 Å². The van der Waals surface area contributed by atoms with Crippen molar-refractivity contribution >= 4 is 5.97 Å². The average Bonchev–Trinajstić information content (AvgIpc) is 2.66. The van der Waals surface area contributed by atoms with Crippen LogP contribution in [0.4, 0.5) is 8.78 Å². The van der Waals surface area contributed by atoms with Crippen molar-refractivity contribution in [1.29, 1.82) is 0 Å². The lowest BCUT2D eigenvalue weighted by molar-refractivity contribution is -0.145. The number of hydrogen-bond acceptors (Lipinski definition) is 4. The van der Waals surface area contributed by atoms with E-state index in [2.05, 4.69) is 9.97 Å². The van der Waals surface area contributed by atoms with E-state index in [0.29, 0.717) is 16.8 Å². The van der Waals surface area contributed by atoms with E-state index in [1.807, 2.05) is 0 Å². The first kappa shape index (κ1) is 18.4. The maximum Gasteiger partial charge on any atom is 0.349 e. The fraction of sp³-hybridized carbons (Fsp3) is 0.150. The Morgan fingerprint density at radius 1 is 1.11 bits per heavy atom. The quantitative estimate of drug-likeness (QED) is 0.687. The predicted octanol–water partition coefficient (Wildman–Crippen LogP) is 4.59. The molecule has 0 aliphatic rings. The van der Waals surface area contributed by atoms with Gasteiger partial charge in [-0.05, 0) is 31.2 Å². The molecule has 138 valence electrons. The number of rotatable bonds is 6. The molecule has 7 heteroatoms. The van der Waals surface area contributed by atoms with Crippen LogP contribution in [0.15, 0.2) is 60.8 Å². The van der Waals surface area contributed by atoms with Crippen molar-refractivity contribution < 1.29 is 23.4 Å². The van der Waals surface area contributed by atoms with Gasteiger partial charge in [0, 0.05) is 23.0 Å². The fourth-order valence-electron chi connectivity index (χ4n) is 2.60. The van der Waals surface area contributed by atoms with Crippen LogP contribution in [-0.4, -0.2) is 21.0 Å². The summed E-state index contributed by atoms with van der Waals surface area (Å²) < 4.78 is 32.5. The van der Waals surface area contributed by atoms with Crippen LogP contribution < -0.4 is 4.74 Å². The highest BCUT2D eigenvalue weighted by Gasteiger charge is 2.26. The molecule has 0 saturated heterocycles. The highest BCUT2D eigenvalue weighted by atomic mass is 19.3. The van der Waals surface area contributed by atoms with Crippen LogP contribution in [0, 0.1) is 6.92 Å². The molecule has 0 fully saturated rings. The van der Waals surface area contributed by atoms with E-state index in [9.17, 15) is 18.7 Å². The summed E-state index contributed by atoms with van der Waals surface area (Å²) in [4.78, 5) is 19.6. The first-order valence-corrected chi connectivity index (χ1v) is 8.12. The van der Waals surface area contributed by atoms with Crippen LogP contribution in [0.25, 0.3) is 11.3 Å². The summed E-state index contributed by atoms with van der Waals surface area (Å²) in [6.07, 6.45) is -2.78. The molecule has 0 unspecified atom stereocenters. The molecule has 0 aliphatic heterocycles. The van der Waals surface area contributed by atoms with Crippen LogP contribution in [0.3, 0.4) is 0 Å². The Bertz CT molecular complexity index is 949. The molecule has 0 aliphatic carbocycles. The maximum absolute atomic E-state index is 13.6. The van der Waals surface area contributed by atoms with E-state index in [1.54, 1.807) is 55.6 Å². The van der Waals surface area contributed by atoms with Gasteiger partial charge in [0.05, 0.1) is 5.69 Å². The average molecular weight is 370 g/mol. The molecule has 0 spiro atoms. The Hall–Kier alpha value is -3.35. The summed E-state index contributed by atoms with van der Waals surface area (Å²) in [5, 5.41) is 9.44. The van der Waals surface area contributed by atoms with Crippen molar-refractivity contribution in [3.63, 3.8) is 0 Å². The molecule has 27 heavy (non-hydrogen) atoms. The van der Waals surface area contributed by atoms with Gasteiger partial charge in [-0.3, -0.25) is 4.98 Å². The second-order valence-electron chi connectivity index (χ2n) is 5.81. The highest BCUT2D eigenvalue weighted by Crippen LogP contribution is 2.33. The summed E-state index contributed by atoms with van der Waals surface area (Å²) in [7, 11) is 0. The van der Waals surface area contributed by atoms with Crippen molar-refractivity contribution in [3.05, 3.63) is 77.7 Å². The van der Waals surface area contributed by atoms with Crippen molar-refractivity contribution in [2.75, 3.05) is 0 Å². The molecule has 0 saturated carbocycles. The van der Waals surface area contributed by atoms with E-state index >= 15 is 0 Å². The van der Waals surface area contributed by atoms with E-state index in [4.69, 9.17) is 4.74 Å².